The Labute approximate surface area is 151 Å². The van der Waals surface area contributed by atoms with Crippen LogP contribution in [0.4, 0.5) is 0 Å². The van der Waals surface area contributed by atoms with E-state index in [0.717, 1.165) is 5.54 Å². The first kappa shape index (κ1) is 19.7. The summed E-state index contributed by atoms with van der Waals surface area (Å²) in [6, 6.07) is 11.3. The van der Waals surface area contributed by atoms with Gasteiger partial charge >= 0.3 is 0 Å². The van der Waals surface area contributed by atoms with Crippen molar-refractivity contribution in [2.45, 2.75) is 102 Å². The number of benzene rings is 1. The fourth-order valence-corrected chi connectivity index (χ4v) is 7.84. The van der Waals surface area contributed by atoms with Crippen LogP contribution in [0.2, 0.25) is 18.6 Å². The molecule has 136 valence electrons. The van der Waals surface area contributed by atoms with Crippen molar-refractivity contribution in [1.29, 1.82) is 0 Å². The fourth-order valence-electron chi connectivity index (χ4n) is 4.33. The topological polar surface area (TPSA) is 9.23 Å². The monoisotopic (exact) mass is 346 g/mol. The lowest BCUT2D eigenvalue weighted by Crippen LogP contribution is -2.48. The third-order valence-electron chi connectivity index (χ3n) is 6.00. The van der Waals surface area contributed by atoms with Gasteiger partial charge in [-0.1, -0.05) is 101 Å². The molecular formula is C22H38OSi. The maximum Gasteiger partial charge on any atom is 0.0863 e. The summed E-state index contributed by atoms with van der Waals surface area (Å²) < 4.78 is 6.60. The van der Waals surface area contributed by atoms with E-state index < -0.39 is 8.07 Å². The third kappa shape index (κ3) is 5.19. The molecule has 0 spiro atoms. The highest BCUT2D eigenvalue weighted by Crippen LogP contribution is 2.42. The standard InChI is InChI=1S/C22H38OSi/c1-5-7-9-11-14-19-18-22(21(23-19)17-8-6-2)24(3,4)20-15-12-10-13-16-20/h10,12-13,15-16,19,21-22H,5-9,11,14,17-18H2,1-4H3/t19?,21-,22+/m1/s1. The van der Waals surface area contributed by atoms with Crippen molar-refractivity contribution in [2.24, 2.45) is 0 Å². The number of unbranched alkanes of at least 4 members (excludes halogenated alkanes) is 4. The van der Waals surface area contributed by atoms with Gasteiger partial charge in [0.2, 0.25) is 0 Å². The van der Waals surface area contributed by atoms with E-state index in [0.29, 0.717) is 12.2 Å². The molecule has 0 aromatic heterocycles. The van der Waals surface area contributed by atoms with Crippen LogP contribution in [0.15, 0.2) is 30.3 Å². The Hall–Kier alpha value is -0.603. The van der Waals surface area contributed by atoms with E-state index in [-0.39, 0.29) is 0 Å². The van der Waals surface area contributed by atoms with Crippen molar-refractivity contribution in [3.05, 3.63) is 30.3 Å². The molecule has 0 amide bonds. The van der Waals surface area contributed by atoms with Crippen LogP contribution in [-0.2, 0) is 4.74 Å². The van der Waals surface area contributed by atoms with Crippen LogP contribution in [0.3, 0.4) is 0 Å². The molecule has 0 bridgehead atoms. The first-order chi connectivity index (χ1) is 11.6. The number of hydrogen-bond donors (Lipinski definition) is 0. The van der Waals surface area contributed by atoms with Crippen molar-refractivity contribution in [3.8, 4) is 0 Å². The molecular weight excluding hydrogens is 308 g/mol. The molecule has 2 rings (SSSR count). The molecule has 3 atom stereocenters. The van der Waals surface area contributed by atoms with E-state index in [9.17, 15) is 0 Å². The van der Waals surface area contributed by atoms with Crippen LogP contribution in [0.1, 0.15) is 71.6 Å². The summed E-state index contributed by atoms with van der Waals surface area (Å²) in [5.74, 6) is 0. The van der Waals surface area contributed by atoms with Crippen LogP contribution in [0.25, 0.3) is 0 Å². The van der Waals surface area contributed by atoms with Crippen LogP contribution in [0, 0.1) is 0 Å². The first-order valence-electron chi connectivity index (χ1n) is 10.3. The Morgan fingerprint density at radius 1 is 0.917 bits per heavy atom. The van der Waals surface area contributed by atoms with Crippen LogP contribution >= 0.6 is 0 Å². The summed E-state index contributed by atoms with van der Waals surface area (Å²) in [7, 11) is -1.48. The molecule has 1 heterocycles. The highest BCUT2D eigenvalue weighted by Gasteiger charge is 2.45. The van der Waals surface area contributed by atoms with Gasteiger partial charge in [-0.05, 0) is 24.8 Å². The normalized spacial score (nSPS) is 24.4. The van der Waals surface area contributed by atoms with Gasteiger partial charge < -0.3 is 4.74 Å². The lowest BCUT2D eigenvalue weighted by atomic mass is 10.0. The Bertz CT molecular complexity index is 456. The highest BCUT2D eigenvalue weighted by molar-refractivity contribution is 6.91. The maximum absolute atomic E-state index is 6.60. The Kier molecular flexibility index (Phi) is 8.03. The lowest BCUT2D eigenvalue weighted by molar-refractivity contribution is 0.0334. The molecule has 0 aliphatic carbocycles. The molecule has 0 N–H and O–H groups in total. The molecule has 0 saturated carbocycles. The molecule has 24 heavy (non-hydrogen) atoms. The SMILES string of the molecule is CCCCCCC1C[C@H]([Si](C)(C)c2ccccc2)[C@@H](CCCC)O1. The van der Waals surface area contributed by atoms with Gasteiger partial charge in [-0.15, -0.1) is 0 Å². The van der Waals surface area contributed by atoms with Gasteiger partial charge in [0, 0.05) is 0 Å². The summed E-state index contributed by atoms with van der Waals surface area (Å²) in [6.07, 6.45) is 12.9. The molecule has 1 aliphatic heterocycles. The van der Waals surface area contributed by atoms with E-state index in [2.05, 4.69) is 57.3 Å². The minimum absolute atomic E-state index is 0.503. The zero-order chi connectivity index (χ0) is 17.4. The van der Waals surface area contributed by atoms with Gasteiger partial charge in [-0.25, -0.2) is 0 Å². The number of ether oxygens (including phenoxy) is 1. The summed E-state index contributed by atoms with van der Waals surface area (Å²) in [4.78, 5) is 0. The minimum atomic E-state index is -1.48. The average Bonchev–Trinajstić information content (AvgIpc) is 3.01. The molecule has 1 unspecified atom stereocenters. The van der Waals surface area contributed by atoms with Gasteiger partial charge in [0.25, 0.3) is 0 Å². The second-order valence-electron chi connectivity index (χ2n) is 8.22. The number of rotatable bonds is 10. The molecule has 1 aliphatic rings. The quantitative estimate of drug-likeness (QED) is 0.357. The van der Waals surface area contributed by atoms with Crippen LogP contribution in [-0.4, -0.2) is 20.3 Å². The summed E-state index contributed by atoms with van der Waals surface area (Å²) >= 11 is 0. The fraction of sp³-hybridized carbons (Fsp3) is 0.727. The number of hydrogen-bond acceptors (Lipinski definition) is 1. The zero-order valence-electron chi connectivity index (χ0n) is 16.4. The second kappa shape index (κ2) is 9.77. The van der Waals surface area contributed by atoms with Crippen molar-refractivity contribution in [2.75, 3.05) is 0 Å². The molecule has 2 heteroatoms. The predicted molar refractivity (Wildman–Crippen MR) is 109 cm³/mol. The van der Waals surface area contributed by atoms with E-state index in [1.54, 1.807) is 5.19 Å². The molecule has 1 nitrogen and oxygen atoms in total. The van der Waals surface area contributed by atoms with E-state index in [4.69, 9.17) is 4.74 Å². The molecule has 1 aromatic carbocycles. The Balaban J connectivity index is 2.03. The third-order valence-corrected chi connectivity index (χ3v) is 10.3. The first-order valence-corrected chi connectivity index (χ1v) is 13.4. The van der Waals surface area contributed by atoms with Crippen LogP contribution < -0.4 is 5.19 Å². The maximum atomic E-state index is 6.60. The average molecular weight is 347 g/mol. The van der Waals surface area contributed by atoms with Crippen molar-refractivity contribution in [1.82, 2.24) is 0 Å². The Morgan fingerprint density at radius 3 is 2.29 bits per heavy atom. The van der Waals surface area contributed by atoms with Crippen molar-refractivity contribution >= 4 is 13.3 Å². The smallest absolute Gasteiger partial charge is 0.0863 e. The van der Waals surface area contributed by atoms with Crippen LogP contribution in [0.5, 0.6) is 0 Å². The molecule has 1 saturated heterocycles. The van der Waals surface area contributed by atoms with Gasteiger partial charge in [0.05, 0.1) is 20.3 Å². The summed E-state index contributed by atoms with van der Waals surface area (Å²) in [6.45, 7) is 9.71. The van der Waals surface area contributed by atoms with Crippen molar-refractivity contribution < 1.29 is 4.74 Å². The van der Waals surface area contributed by atoms with E-state index in [1.807, 2.05) is 0 Å². The minimum Gasteiger partial charge on any atom is -0.375 e. The second-order valence-corrected chi connectivity index (χ2v) is 13.0. The van der Waals surface area contributed by atoms with Gasteiger partial charge in [0.15, 0.2) is 0 Å². The van der Waals surface area contributed by atoms with Gasteiger partial charge in [-0.3, -0.25) is 0 Å². The van der Waals surface area contributed by atoms with E-state index in [1.165, 1.54) is 57.8 Å². The molecule has 0 radical (unpaired) electrons. The summed E-state index contributed by atoms with van der Waals surface area (Å²) in [5, 5.41) is 1.60. The van der Waals surface area contributed by atoms with Crippen molar-refractivity contribution in [3.63, 3.8) is 0 Å². The van der Waals surface area contributed by atoms with Gasteiger partial charge in [-0.2, -0.15) is 0 Å². The summed E-state index contributed by atoms with van der Waals surface area (Å²) in [5.41, 5.74) is 0.780. The zero-order valence-corrected chi connectivity index (χ0v) is 17.4. The molecule has 1 aromatic rings. The predicted octanol–water partition coefficient (Wildman–Crippen LogP) is 6.29. The Morgan fingerprint density at radius 2 is 1.62 bits per heavy atom. The lowest BCUT2D eigenvalue weighted by Gasteiger charge is -2.33. The largest absolute Gasteiger partial charge is 0.375 e. The van der Waals surface area contributed by atoms with E-state index >= 15 is 0 Å². The molecule has 1 fully saturated rings. The highest BCUT2D eigenvalue weighted by atomic mass is 28.3. The van der Waals surface area contributed by atoms with Gasteiger partial charge in [0.1, 0.15) is 0 Å².